The van der Waals surface area contributed by atoms with Crippen molar-refractivity contribution in [3.63, 3.8) is 0 Å². The van der Waals surface area contributed by atoms with Crippen molar-refractivity contribution < 1.29 is 18.4 Å². The Bertz CT molecular complexity index is 1690. The molecule has 0 aromatic heterocycles. The van der Waals surface area contributed by atoms with Crippen LogP contribution in [0.1, 0.15) is 33.4 Å². The predicted molar refractivity (Wildman–Crippen MR) is 257 cm³/mol. The van der Waals surface area contributed by atoms with E-state index in [1.54, 1.807) is 0 Å². The Hall–Kier alpha value is -0.461. The summed E-state index contributed by atoms with van der Waals surface area (Å²) in [6.07, 6.45) is 0. The Kier molecular flexibility index (Phi) is 20.0. The molecule has 0 aliphatic heterocycles. The van der Waals surface area contributed by atoms with Crippen molar-refractivity contribution in [3.05, 3.63) is 179 Å². The van der Waals surface area contributed by atoms with Gasteiger partial charge in [-0.05, 0) is 114 Å². The number of aryl methyl sites for hydroxylation is 6. The van der Waals surface area contributed by atoms with E-state index in [-0.39, 0.29) is 0 Å². The topological polar surface area (TPSA) is 0 Å². The van der Waals surface area contributed by atoms with Crippen LogP contribution in [0.3, 0.4) is 0 Å². The molecule has 6 aromatic rings. The predicted octanol–water partition coefficient (Wildman–Crippen LogP) is 14.6. The molecule has 0 radical (unpaired) electrons. The fourth-order valence-corrected chi connectivity index (χ4v) is 12.2. The summed E-state index contributed by atoms with van der Waals surface area (Å²) in [5.74, 6) is 0. The summed E-state index contributed by atoms with van der Waals surface area (Å²) in [5, 5.41) is 8.64. The average Bonchev–Trinajstić information content (AvgIpc) is 3.12. The molecule has 0 aliphatic rings. The molecule has 0 saturated heterocycles. The van der Waals surface area contributed by atoms with Gasteiger partial charge in [0.2, 0.25) is 0 Å². The van der Waals surface area contributed by atoms with E-state index in [1.165, 1.54) is 65.2 Å². The minimum atomic E-state index is -2.74. The number of halogens is 8. The molecule has 0 bridgehead atoms. The van der Waals surface area contributed by atoms with Crippen LogP contribution >= 0.6 is 95.3 Å². The van der Waals surface area contributed by atoms with E-state index in [9.17, 15) is 0 Å². The molecule has 0 unspecified atom stereocenters. The van der Waals surface area contributed by atoms with Gasteiger partial charge in [0.1, 0.15) is 46.4 Å². The van der Waals surface area contributed by atoms with Gasteiger partial charge in [-0.25, -0.2) is 0 Å². The van der Waals surface area contributed by atoms with Crippen LogP contribution in [-0.2, 0) is 18.4 Å². The molecule has 0 saturated carbocycles. The minimum absolute atomic E-state index is 1.31. The van der Waals surface area contributed by atoms with Crippen LogP contribution in [0.5, 0.6) is 0 Å². The van der Waals surface area contributed by atoms with E-state index in [0.29, 0.717) is 0 Å². The van der Waals surface area contributed by atoms with Crippen LogP contribution in [0, 0.1) is 41.5 Å². The van der Waals surface area contributed by atoms with Crippen molar-refractivity contribution in [2.24, 2.45) is 0 Å². The van der Waals surface area contributed by atoms with Gasteiger partial charge in [0.05, 0.1) is 13.3 Å². The number of rotatable bonds is 6. The molecule has 56 heavy (non-hydrogen) atoms. The number of benzene rings is 6. The first-order valence-electron chi connectivity index (χ1n) is 17.3. The molecule has 6 rings (SSSR count). The van der Waals surface area contributed by atoms with Crippen molar-refractivity contribution >= 4 is 127 Å². The first kappa shape index (κ1) is 49.9. The van der Waals surface area contributed by atoms with Crippen LogP contribution in [0.2, 0.25) is 0 Å². The molecule has 304 valence electrons. The molecule has 0 N–H and O–H groups in total. The zero-order valence-corrected chi connectivity index (χ0v) is 42.7. The van der Waals surface area contributed by atoms with E-state index in [1.807, 2.05) is 0 Å². The summed E-state index contributed by atoms with van der Waals surface area (Å²) in [6.45, 7) is 17.8. The molecular weight excluding hydrogens is 984 g/mol. The third kappa shape index (κ3) is 16.2. The third-order valence-electron chi connectivity index (χ3n) is 9.30. The fraction of sp³-hybridized carbons (Fsp3) is 0.182. The van der Waals surface area contributed by atoms with Crippen LogP contribution < -0.4 is 31.8 Å². The van der Waals surface area contributed by atoms with Gasteiger partial charge in [0.15, 0.2) is 0 Å². The molecule has 0 aliphatic carbocycles. The third-order valence-corrected chi connectivity index (χ3v) is 17.3. The Morgan fingerprint density at radius 3 is 0.429 bits per heavy atom. The number of hydrogen-bond acceptors (Lipinski definition) is 0. The molecule has 0 nitrogen and oxygen atoms in total. The molecular formula is C44H48Cl8Mn2P2. The molecule has 0 amide bonds. The van der Waals surface area contributed by atoms with Crippen LogP contribution in [0.15, 0.2) is 146 Å². The summed E-state index contributed by atoms with van der Waals surface area (Å²) in [5.41, 5.74) is 7.88. The van der Waals surface area contributed by atoms with E-state index < -0.39 is 32.9 Å². The second-order valence-corrected chi connectivity index (χ2v) is 44.2. The van der Waals surface area contributed by atoms with Gasteiger partial charge >= 0.3 is 99.2 Å². The van der Waals surface area contributed by atoms with Crippen molar-refractivity contribution in [3.8, 4) is 0 Å². The van der Waals surface area contributed by atoms with Crippen molar-refractivity contribution in [1.82, 2.24) is 0 Å². The van der Waals surface area contributed by atoms with E-state index in [0.717, 1.165) is 0 Å². The van der Waals surface area contributed by atoms with Gasteiger partial charge in [-0.2, -0.15) is 0 Å². The van der Waals surface area contributed by atoms with Gasteiger partial charge in [0.25, 0.3) is 0 Å². The molecule has 0 atom stereocenters. The normalized spacial score (nSPS) is 12.1. The molecule has 0 spiro atoms. The van der Waals surface area contributed by atoms with E-state index in [4.69, 9.17) is 80.8 Å². The Balaban J connectivity index is 0.000000242. The maximum atomic E-state index is 4.97. The fourth-order valence-electron chi connectivity index (χ4n) is 5.95. The molecule has 6 aromatic carbocycles. The first-order chi connectivity index (χ1) is 26.0. The summed E-state index contributed by atoms with van der Waals surface area (Å²) in [4.78, 5) is 0. The quantitative estimate of drug-likeness (QED) is 0.115. The first-order valence-corrected chi connectivity index (χ1v) is 34.8. The van der Waals surface area contributed by atoms with Gasteiger partial charge in [-0.3, -0.25) is 0 Å². The average molecular weight is 1030 g/mol. The van der Waals surface area contributed by atoms with Crippen LogP contribution in [-0.4, -0.2) is 13.3 Å². The number of hydrogen-bond donors (Lipinski definition) is 0. The zero-order valence-electron chi connectivity index (χ0n) is 32.5. The molecule has 12 heteroatoms. The Labute approximate surface area is 375 Å². The Morgan fingerprint density at radius 2 is 0.339 bits per heavy atom. The second-order valence-electron chi connectivity index (χ2n) is 13.7. The Morgan fingerprint density at radius 1 is 0.250 bits per heavy atom. The maximum absolute atomic E-state index is 4.97. The van der Waals surface area contributed by atoms with Gasteiger partial charge in [-0.15, -0.1) is 0 Å². The van der Waals surface area contributed by atoms with Crippen molar-refractivity contribution in [2.45, 2.75) is 41.5 Å². The van der Waals surface area contributed by atoms with Crippen LogP contribution in [0.4, 0.5) is 0 Å². The monoisotopic (exact) mass is 1030 g/mol. The van der Waals surface area contributed by atoms with Gasteiger partial charge in [-0.1, -0.05) is 106 Å². The zero-order chi connectivity index (χ0) is 41.9. The van der Waals surface area contributed by atoms with E-state index >= 15 is 0 Å². The van der Waals surface area contributed by atoms with Gasteiger partial charge in [0, 0.05) is 0 Å². The van der Waals surface area contributed by atoms with Crippen molar-refractivity contribution in [2.75, 3.05) is 13.3 Å². The molecule has 0 heterocycles. The second kappa shape index (κ2) is 22.4. The SMILES string of the molecule is Cc1ccc([P+](C)(c2ccc(C)cc2)c2ccc(C)cc2)cc1.Cc1ccc([P+](C)(c2ccc(C)cc2)c2ccc(C)cc2)cc1.[Cl][Mn-]([Cl])([Cl])[Cl].[Cl][Mn-]([Cl])([Cl])[Cl]. The summed E-state index contributed by atoms with van der Waals surface area (Å²) < 4.78 is 0. The summed E-state index contributed by atoms with van der Waals surface area (Å²) >= 11 is 0. The molecule has 0 fully saturated rings. The summed E-state index contributed by atoms with van der Waals surface area (Å²) in [6, 6.07) is 54.5. The standard InChI is InChI=1S/2C22H24P.8ClH.2Mn/c2*1-17-5-11-20(12-6-17)23(4,21-13-7-18(2)8-14-21)22-15-9-19(3)10-16-22;;;;;;;;;;/h2*5-16H,1-4H3;8*1H;;/q2*+1;;;;;;;;;2*+3/p-8. The summed E-state index contributed by atoms with van der Waals surface area (Å²) in [7, 11) is 31.1. The van der Waals surface area contributed by atoms with E-state index in [2.05, 4.69) is 200 Å². The van der Waals surface area contributed by atoms with Crippen LogP contribution in [0.25, 0.3) is 0 Å². The van der Waals surface area contributed by atoms with Gasteiger partial charge < -0.3 is 0 Å². The van der Waals surface area contributed by atoms with Crippen molar-refractivity contribution in [1.29, 1.82) is 0 Å².